The number of nitrogens with one attached hydrogen (secondary N) is 2. The largest absolute Gasteiger partial charge is 0.484 e. The van der Waals surface area contributed by atoms with Gasteiger partial charge in [-0.3, -0.25) is 9.89 Å². The molecule has 6 heteroatoms. The van der Waals surface area contributed by atoms with Gasteiger partial charge in [0, 0.05) is 0 Å². The summed E-state index contributed by atoms with van der Waals surface area (Å²) in [6.07, 6.45) is 1.41. The van der Waals surface area contributed by atoms with Crippen molar-refractivity contribution >= 4 is 5.91 Å². The van der Waals surface area contributed by atoms with Crippen molar-refractivity contribution < 1.29 is 9.53 Å². The van der Waals surface area contributed by atoms with Gasteiger partial charge in [-0.2, -0.15) is 5.10 Å². The first-order chi connectivity index (χ1) is 9.56. The molecular weight excluding hydrogens is 256 g/mol. The maximum absolute atomic E-state index is 11.8. The summed E-state index contributed by atoms with van der Waals surface area (Å²) in [4.78, 5) is 15.8. The number of aryl methyl sites for hydroxylation is 2. The first-order valence-electron chi connectivity index (χ1n) is 6.41. The summed E-state index contributed by atoms with van der Waals surface area (Å²) >= 11 is 0. The highest BCUT2D eigenvalue weighted by Crippen LogP contribution is 2.16. The number of aromatic nitrogens is 3. The quantitative estimate of drug-likeness (QED) is 0.869. The minimum Gasteiger partial charge on any atom is -0.484 e. The van der Waals surface area contributed by atoms with E-state index in [-0.39, 0.29) is 18.6 Å². The van der Waals surface area contributed by atoms with E-state index < -0.39 is 0 Å². The van der Waals surface area contributed by atoms with Crippen LogP contribution in [-0.2, 0) is 4.79 Å². The molecule has 2 aromatic rings. The van der Waals surface area contributed by atoms with Gasteiger partial charge >= 0.3 is 0 Å². The Hall–Kier alpha value is -2.37. The van der Waals surface area contributed by atoms with Gasteiger partial charge in [0.25, 0.3) is 5.91 Å². The van der Waals surface area contributed by atoms with E-state index in [1.807, 2.05) is 39.0 Å². The van der Waals surface area contributed by atoms with Crippen LogP contribution in [-0.4, -0.2) is 27.7 Å². The van der Waals surface area contributed by atoms with E-state index in [9.17, 15) is 4.79 Å². The van der Waals surface area contributed by atoms with E-state index in [0.29, 0.717) is 11.6 Å². The fraction of sp³-hybridized carbons (Fsp3) is 0.357. The minimum absolute atomic E-state index is 0.0268. The number of benzene rings is 1. The van der Waals surface area contributed by atoms with Crippen molar-refractivity contribution in [1.82, 2.24) is 20.5 Å². The lowest BCUT2D eigenvalue weighted by molar-refractivity contribution is -0.123. The number of amides is 1. The fourth-order valence-corrected chi connectivity index (χ4v) is 1.73. The number of rotatable bonds is 5. The fourth-order valence-electron chi connectivity index (χ4n) is 1.73. The Kier molecular flexibility index (Phi) is 4.34. The highest BCUT2D eigenvalue weighted by atomic mass is 16.5. The van der Waals surface area contributed by atoms with E-state index in [1.165, 1.54) is 11.9 Å². The standard InChI is InChI=1S/C14H18N4O2/c1-9-4-5-12(6-10(9)2)20-7-13(19)17-11(3)14-15-8-16-18-14/h4-6,8,11H,7H2,1-3H3,(H,17,19)(H,15,16,18). The number of hydrogen-bond acceptors (Lipinski definition) is 4. The number of carbonyl (C=O) groups is 1. The lowest BCUT2D eigenvalue weighted by Gasteiger charge is -2.12. The molecule has 0 saturated carbocycles. The summed E-state index contributed by atoms with van der Waals surface area (Å²) in [7, 11) is 0. The summed E-state index contributed by atoms with van der Waals surface area (Å²) in [5, 5.41) is 9.24. The Morgan fingerprint density at radius 2 is 2.20 bits per heavy atom. The lowest BCUT2D eigenvalue weighted by atomic mass is 10.1. The van der Waals surface area contributed by atoms with Gasteiger partial charge in [0.15, 0.2) is 6.61 Å². The van der Waals surface area contributed by atoms with Gasteiger partial charge in [-0.05, 0) is 44.0 Å². The molecule has 1 aromatic carbocycles. The average molecular weight is 274 g/mol. The number of ether oxygens (including phenoxy) is 1. The van der Waals surface area contributed by atoms with Gasteiger partial charge in [0.1, 0.15) is 17.9 Å². The van der Waals surface area contributed by atoms with Gasteiger partial charge in [-0.15, -0.1) is 0 Å². The predicted molar refractivity (Wildman–Crippen MR) is 74.4 cm³/mol. The molecule has 0 aliphatic heterocycles. The first kappa shape index (κ1) is 14.0. The van der Waals surface area contributed by atoms with E-state index in [2.05, 4.69) is 20.5 Å². The second-order valence-corrected chi connectivity index (χ2v) is 4.69. The van der Waals surface area contributed by atoms with Crippen molar-refractivity contribution in [3.8, 4) is 5.75 Å². The van der Waals surface area contributed by atoms with Crippen LogP contribution in [0.1, 0.15) is 29.9 Å². The summed E-state index contributed by atoms with van der Waals surface area (Å²) in [5.41, 5.74) is 2.33. The highest BCUT2D eigenvalue weighted by molar-refractivity contribution is 5.77. The maximum Gasteiger partial charge on any atom is 0.258 e. The minimum atomic E-state index is -0.228. The van der Waals surface area contributed by atoms with Crippen molar-refractivity contribution in [2.75, 3.05) is 6.61 Å². The molecule has 1 unspecified atom stereocenters. The molecule has 0 aliphatic carbocycles. The van der Waals surface area contributed by atoms with Crippen molar-refractivity contribution in [1.29, 1.82) is 0 Å². The van der Waals surface area contributed by atoms with Gasteiger partial charge in [0.2, 0.25) is 0 Å². The van der Waals surface area contributed by atoms with Crippen molar-refractivity contribution in [2.45, 2.75) is 26.8 Å². The topological polar surface area (TPSA) is 79.9 Å². The molecule has 1 aromatic heterocycles. The Morgan fingerprint density at radius 3 is 2.85 bits per heavy atom. The number of H-pyrrole nitrogens is 1. The summed E-state index contributed by atoms with van der Waals surface area (Å²) in [5.74, 6) is 1.10. The number of nitrogens with zero attached hydrogens (tertiary/aromatic N) is 2. The summed E-state index contributed by atoms with van der Waals surface area (Å²) in [6.45, 7) is 5.84. The third kappa shape index (κ3) is 3.57. The molecule has 0 radical (unpaired) electrons. The molecule has 0 aliphatic rings. The van der Waals surface area contributed by atoms with E-state index >= 15 is 0 Å². The Morgan fingerprint density at radius 1 is 1.40 bits per heavy atom. The SMILES string of the molecule is Cc1ccc(OCC(=O)NC(C)c2ncn[nH]2)cc1C. The molecule has 6 nitrogen and oxygen atoms in total. The highest BCUT2D eigenvalue weighted by Gasteiger charge is 2.12. The molecule has 0 fully saturated rings. The van der Waals surface area contributed by atoms with Gasteiger partial charge in [0.05, 0.1) is 6.04 Å². The van der Waals surface area contributed by atoms with Crippen LogP contribution in [0.25, 0.3) is 0 Å². The van der Waals surface area contributed by atoms with Crippen LogP contribution in [0.4, 0.5) is 0 Å². The molecule has 2 N–H and O–H groups in total. The molecule has 2 rings (SSSR count). The molecule has 0 saturated heterocycles. The van der Waals surface area contributed by atoms with Gasteiger partial charge < -0.3 is 10.1 Å². The van der Waals surface area contributed by atoms with Gasteiger partial charge in [-0.25, -0.2) is 4.98 Å². The maximum atomic E-state index is 11.8. The monoisotopic (exact) mass is 274 g/mol. The molecule has 20 heavy (non-hydrogen) atoms. The molecule has 0 bridgehead atoms. The Bertz CT molecular complexity index is 581. The van der Waals surface area contributed by atoms with Crippen LogP contribution >= 0.6 is 0 Å². The molecular formula is C14H18N4O2. The zero-order valence-corrected chi connectivity index (χ0v) is 11.8. The summed E-state index contributed by atoms with van der Waals surface area (Å²) < 4.78 is 5.46. The van der Waals surface area contributed by atoms with Crippen LogP contribution < -0.4 is 10.1 Å². The van der Waals surface area contributed by atoms with Crippen LogP contribution in [0, 0.1) is 13.8 Å². The first-order valence-corrected chi connectivity index (χ1v) is 6.41. The van der Waals surface area contributed by atoms with E-state index in [4.69, 9.17) is 4.74 Å². The molecule has 1 atom stereocenters. The lowest BCUT2D eigenvalue weighted by Crippen LogP contribution is -2.31. The number of carbonyl (C=O) groups excluding carboxylic acids is 1. The summed E-state index contributed by atoms with van der Waals surface area (Å²) in [6, 6.07) is 5.52. The molecule has 106 valence electrons. The van der Waals surface area contributed by atoms with Crippen molar-refractivity contribution in [3.05, 3.63) is 41.5 Å². The molecule has 0 spiro atoms. The zero-order valence-electron chi connectivity index (χ0n) is 11.8. The average Bonchev–Trinajstić information content (AvgIpc) is 2.94. The van der Waals surface area contributed by atoms with Crippen LogP contribution in [0.3, 0.4) is 0 Å². The van der Waals surface area contributed by atoms with E-state index in [0.717, 1.165) is 5.56 Å². The van der Waals surface area contributed by atoms with Crippen LogP contribution in [0.5, 0.6) is 5.75 Å². The zero-order chi connectivity index (χ0) is 14.5. The van der Waals surface area contributed by atoms with Crippen molar-refractivity contribution in [2.24, 2.45) is 0 Å². The van der Waals surface area contributed by atoms with Gasteiger partial charge in [-0.1, -0.05) is 6.07 Å². The predicted octanol–water partition coefficient (Wildman–Crippen LogP) is 1.68. The smallest absolute Gasteiger partial charge is 0.258 e. The van der Waals surface area contributed by atoms with Crippen LogP contribution in [0.15, 0.2) is 24.5 Å². The van der Waals surface area contributed by atoms with E-state index in [1.54, 1.807) is 0 Å². The van der Waals surface area contributed by atoms with Crippen molar-refractivity contribution in [3.63, 3.8) is 0 Å². The second-order valence-electron chi connectivity index (χ2n) is 4.69. The number of hydrogen-bond donors (Lipinski definition) is 2. The second kappa shape index (κ2) is 6.18. The normalized spacial score (nSPS) is 11.9. The molecule has 1 heterocycles. The third-order valence-electron chi connectivity index (χ3n) is 3.07. The number of aromatic amines is 1. The Labute approximate surface area is 117 Å². The Balaban J connectivity index is 1.84. The third-order valence-corrected chi connectivity index (χ3v) is 3.07. The molecule has 1 amide bonds. The van der Waals surface area contributed by atoms with Crippen LogP contribution in [0.2, 0.25) is 0 Å².